The minimum absolute atomic E-state index is 0.0788. The highest BCUT2D eigenvalue weighted by Crippen LogP contribution is 2.32. The molecule has 0 spiro atoms. The molecule has 2 heteroatoms. The van der Waals surface area contributed by atoms with Crippen LogP contribution in [0.2, 0.25) is 0 Å². The highest BCUT2D eigenvalue weighted by molar-refractivity contribution is 5.45. The Morgan fingerprint density at radius 3 is 2.44 bits per heavy atom. The van der Waals surface area contributed by atoms with Gasteiger partial charge in [-0.1, -0.05) is 26.0 Å². The maximum absolute atomic E-state index is 6.03. The number of nitrogens with one attached hydrogen (secondary N) is 1. The van der Waals surface area contributed by atoms with Crippen LogP contribution >= 0.6 is 0 Å². The first-order valence-corrected chi connectivity index (χ1v) is 6.26. The fourth-order valence-electron chi connectivity index (χ4n) is 1.78. The molecule has 0 aliphatic heterocycles. The van der Waals surface area contributed by atoms with Crippen molar-refractivity contribution >= 4 is 5.69 Å². The van der Waals surface area contributed by atoms with E-state index in [1.54, 1.807) is 0 Å². The highest BCUT2D eigenvalue weighted by Gasteiger charge is 2.37. The summed E-state index contributed by atoms with van der Waals surface area (Å²) in [5.41, 5.74) is 8.71. The Morgan fingerprint density at radius 1 is 1.31 bits per heavy atom. The molecule has 0 saturated heterocycles. The monoisotopic (exact) mass is 218 g/mol. The third-order valence-electron chi connectivity index (χ3n) is 3.63. The Bertz CT molecular complexity index is 338. The summed E-state index contributed by atoms with van der Waals surface area (Å²) in [5.74, 6) is 0.651. The second kappa shape index (κ2) is 4.46. The van der Waals surface area contributed by atoms with Gasteiger partial charge in [-0.15, -0.1) is 0 Å². The SMILES string of the molecule is CCC(C)c1ccc(NCC2(N)CC2)cc1. The van der Waals surface area contributed by atoms with Gasteiger partial charge < -0.3 is 11.1 Å². The van der Waals surface area contributed by atoms with E-state index in [1.807, 2.05) is 0 Å². The molecule has 0 bridgehead atoms. The minimum Gasteiger partial charge on any atom is -0.383 e. The first-order chi connectivity index (χ1) is 7.63. The molecule has 0 aromatic heterocycles. The lowest BCUT2D eigenvalue weighted by Gasteiger charge is -2.13. The Labute approximate surface area is 98.2 Å². The fourth-order valence-corrected chi connectivity index (χ4v) is 1.78. The van der Waals surface area contributed by atoms with E-state index in [-0.39, 0.29) is 5.54 Å². The van der Waals surface area contributed by atoms with E-state index in [2.05, 4.69) is 43.4 Å². The summed E-state index contributed by atoms with van der Waals surface area (Å²) in [7, 11) is 0. The number of hydrogen-bond donors (Lipinski definition) is 2. The summed E-state index contributed by atoms with van der Waals surface area (Å²) in [6.07, 6.45) is 3.51. The quantitative estimate of drug-likeness (QED) is 0.797. The first kappa shape index (κ1) is 11.5. The van der Waals surface area contributed by atoms with Gasteiger partial charge in [-0.2, -0.15) is 0 Å². The van der Waals surface area contributed by atoms with Gasteiger partial charge in [-0.3, -0.25) is 0 Å². The predicted octanol–water partition coefficient (Wildman–Crippen LogP) is 3.10. The van der Waals surface area contributed by atoms with Crippen LogP contribution in [0.5, 0.6) is 0 Å². The third-order valence-corrected chi connectivity index (χ3v) is 3.63. The van der Waals surface area contributed by atoms with Crippen molar-refractivity contribution in [3.05, 3.63) is 29.8 Å². The maximum Gasteiger partial charge on any atom is 0.0340 e. The van der Waals surface area contributed by atoms with Gasteiger partial charge in [0, 0.05) is 17.8 Å². The van der Waals surface area contributed by atoms with Crippen LogP contribution in [0.15, 0.2) is 24.3 Å². The lowest BCUT2D eigenvalue weighted by molar-refractivity contribution is 0.713. The maximum atomic E-state index is 6.03. The molecular formula is C14H22N2. The van der Waals surface area contributed by atoms with Crippen LogP contribution < -0.4 is 11.1 Å². The Kier molecular flexibility index (Phi) is 3.20. The molecule has 1 aliphatic carbocycles. The smallest absolute Gasteiger partial charge is 0.0340 e. The lowest BCUT2D eigenvalue weighted by Crippen LogP contribution is -2.31. The van der Waals surface area contributed by atoms with Gasteiger partial charge >= 0.3 is 0 Å². The molecule has 1 saturated carbocycles. The summed E-state index contributed by atoms with van der Waals surface area (Å²) in [4.78, 5) is 0. The van der Waals surface area contributed by atoms with Gasteiger partial charge in [0.25, 0.3) is 0 Å². The normalized spacial score (nSPS) is 19.2. The molecule has 2 nitrogen and oxygen atoms in total. The fraction of sp³-hybridized carbons (Fsp3) is 0.571. The van der Waals surface area contributed by atoms with Crippen LogP contribution in [0, 0.1) is 0 Å². The number of hydrogen-bond acceptors (Lipinski definition) is 2. The van der Waals surface area contributed by atoms with Gasteiger partial charge in [0.15, 0.2) is 0 Å². The van der Waals surface area contributed by atoms with Gasteiger partial charge in [0.1, 0.15) is 0 Å². The van der Waals surface area contributed by atoms with Crippen LogP contribution in [0.1, 0.15) is 44.6 Å². The number of benzene rings is 1. The minimum atomic E-state index is 0.0788. The van der Waals surface area contributed by atoms with Gasteiger partial charge in [0.2, 0.25) is 0 Å². The molecule has 88 valence electrons. The number of rotatable bonds is 5. The molecule has 2 rings (SSSR count). The molecule has 16 heavy (non-hydrogen) atoms. The molecule has 0 amide bonds. The van der Waals surface area contributed by atoms with E-state index in [9.17, 15) is 0 Å². The average molecular weight is 218 g/mol. The van der Waals surface area contributed by atoms with E-state index >= 15 is 0 Å². The van der Waals surface area contributed by atoms with Crippen molar-refractivity contribution in [2.75, 3.05) is 11.9 Å². The van der Waals surface area contributed by atoms with Crippen LogP contribution in [-0.2, 0) is 0 Å². The highest BCUT2D eigenvalue weighted by atomic mass is 15.0. The molecule has 1 fully saturated rings. The van der Waals surface area contributed by atoms with E-state index in [4.69, 9.17) is 5.73 Å². The second-order valence-corrected chi connectivity index (χ2v) is 5.15. The number of nitrogens with two attached hydrogens (primary N) is 1. The van der Waals surface area contributed by atoms with Crippen LogP contribution in [0.3, 0.4) is 0 Å². The Morgan fingerprint density at radius 2 is 1.94 bits per heavy atom. The average Bonchev–Trinajstić information content (AvgIpc) is 3.05. The molecular weight excluding hydrogens is 196 g/mol. The van der Waals surface area contributed by atoms with E-state index in [0.29, 0.717) is 5.92 Å². The zero-order valence-corrected chi connectivity index (χ0v) is 10.3. The van der Waals surface area contributed by atoms with Crippen LogP contribution in [0.25, 0.3) is 0 Å². The zero-order valence-electron chi connectivity index (χ0n) is 10.3. The predicted molar refractivity (Wildman–Crippen MR) is 69.8 cm³/mol. The standard InChI is InChI=1S/C14H22N2/c1-3-11(2)12-4-6-13(7-5-12)16-10-14(15)8-9-14/h4-7,11,16H,3,8-10,15H2,1-2H3. The molecule has 1 aromatic carbocycles. The van der Waals surface area contributed by atoms with E-state index in [0.717, 1.165) is 19.4 Å². The van der Waals surface area contributed by atoms with E-state index < -0.39 is 0 Å². The first-order valence-electron chi connectivity index (χ1n) is 6.26. The summed E-state index contributed by atoms with van der Waals surface area (Å²) in [5, 5.41) is 3.41. The summed E-state index contributed by atoms with van der Waals surface area (Å²) in [6.45, 7) is 5.39. The molecule has 0 radical (unpaired) electrons. The summed E-state index contributed by atoms with van der Waals surface area (Å²) < 4.78 is 0. The zero-order chi connectivity index (χ0) is 11.6. The third kappa shape index (κ3) is 2.76. The molecule has 1 aliphatic rings. The van der Waals surface area contributed by atoms with Crippen molar-refractivity contribution in [2.24, 2.45) is 5.73 Å². The van der Waals surface area contributed by atoms with Crippen molar-refractivity contribution < 1.29 is 0 Å². The Hall–Kier alpha value is -1.02. The van der Waals surface area contributed by atoms with E-state index in [1.165, 1.54) is 17.7 Å². The lowest BCUT2D eigenvalue weighted by atomic mass is 9.98. The van der Waals surface area contributed by atoms with Crippen molar-refractivity contribution in [3.8, 4) is 0 Å². The van der Waals surface area contributed by atoms with Crippen LogP contribution in [-0.4, -0.2) is 12.1 Å². The molecule has 3 N–H and O–H groups in total. The second-order valence-electron chi connectivity index (χ2n) is 5.15. The topological polar surface area (TPSA) is 38.0 Å². The molecule has 1 atom stereocenters. The molecule has 1 aromatic rings. The van der Waals surface area contributed by atoms with Gasteiger partial charge in [-0.05, 0) is 42.9 Å². The molecule has 0 heterocycles. The molecule has 1 unspecified atom stereocenters. The van der Waals surface area contributed by atoms with Crippen molar-refractivity contribution in [1.82, 2.24) is 0 Å². The van der Waals surface area contributed by atoms with Gasteiger partial charge in [0.05, 0.1) is 0 Å². The van der Waals surface area contributed by atoms with Crippen molar-refractivity contribution in [1.29, 1.82) is 0 Å². The Balaban J connectivity index is 1.91. The van der Waals surface area contributed by atoms with Crippen molar-refractivity contribution in [2.45, 2.75) is 44.6 Å². The largest absolute Gasteiger partial charge is 0.383 e. The summed E-state index contributed by atoms with van der Waals surface area (Å²) in [6, 6.07) is 8.75. The van der Waals surface area contributed by atoms with Crippen molar-refractivity contribution in [3.63, 3.8) is 0 Å². The number of anilines is 1. The van der Waals surface area contributed by atoms with Crippen LogP contribution in [0.4, 0.5) is 5.69 Å². The van der Waals surface area contributed by atoms with Gasteiger partial charge in [-0.25, -0.2) is 0 Å². The summed E-state index contributed by atoms with van der Waals surface area (Å²) >= 11 is 0.